The van der Waals surface area contributed by atoms with Crippen LogP contribution in [0.25, 0.3) is 0 Å². The van der Waals surface area contributed by atoms with Gasteiger partial charge in [0.2, 0.25) is 0 Å². The molecule has 0 fully saturated rings. The molecule has 0 saturated heterocycles. The molecule has 1 aromatic carbocycles. The molecule has 0 N–H and O–H groups in total. The number of ether oxygens (including phenoxy) is 2. The first-order valence-electron chi connectivity index (χ1n) is 6.84. The first-order valence-corrected chi connectivity index (χ1v) is 8.88. The Hall–Kier alpha value is -1.16. The van der Waals surface area contributed by atoms with Crippen LogP contribution in [0.5, 0.6) is 5.75 Å². The number of hydrogen-bond acceptors (Lipinski definition) is 3. The van der Waals surface area contributed by atoms with Crippen LogP contribution in [0.3, 0.4) is 0 Å². The van der Waals surface area contributed by atoms with Crippen molar-refractivity contribution in [3.63, 3.8) is 0 Å². The molecule has 0 spiro atoms. The van der Waals surface area contributed by atoms with Gasteiger partial charge in [0.15, 0.2) is 4.90 Å². The first kappa shape index (κ1) is 16.9. The second kappa shape index (κ2) is 7.58. The smallest absolute Gasteiger partial charge is 0.311 e. The van der Waals surface area contributed by atoms with Crippen molar-refractivity contribution in [1.82, 2.24) is 0 Å². The fourth-order valence-corrected chi connectivity index (χ4v) is 2.12. The zero-order chi connectivity index (χ0) is 15.2. The third-order valence-electron chi connectivity index (χ3n) is 3.32. The van der Waals surface area contributed by atoms with Crippen LogP contribution in [0.2, 0.25) is 0 Å². The fraction of sp³-hybridized carbons (Fsp3) is 0.562. The van der Waals surface area contributed by atoms with E-state index in [9.17, 15) is 4.79 Å². The molecule has 3 nitrogen and oxygen atoms in total. The SMILES string of the molecule is CCC(C)(C)C(=O)OCCOc1ccc([S+](C)C)cc1. The highest BCUT2D eigenvalue weighted by molar-refractivity contribution is 7.95. The van der Waals surface area contributed by atoms with Crippen molar-refractivity contribution in [2.45, 2.75) is 32.1 Å². The molecule has 0 aromatic heterocycles. The Morgan fingerprint density at radius 2 is 1.75 bits per heavy atom. The van der Waals surface area contributed by atoms with E-state index >= 15 is 0 Å². The largest absolute Gasteiger partial charge is 0.490 e. The van der Waals surface area contributed by atoms with Crippen LogP contribution in [0.4, 0.5) is 0 Å². The van der Waals surface area contributed by atoms with E-state index in [1.165, 1.54) is 4.90 Å². The van der Waals surface area contributed by atoms with E-state index in [1.54, 1.807) is 0 Å². The summed E-state index contributed by atoms with van der Waals surface area (Å²) in [5.74, 6) is 0.643. The van der Waals surface area contributed by atoms with Gasteiger partial charge in [-0.3, -0.25) is 4.79 Å². The van der Waals surface area contributed by atoms with Gasteiger partial charge in [0, 0.05) is 10.9 Å². The molecule has 0 unspecified atom stereocenters. The Labute approximate surface area is 125 Å². The van der Waals surface area contributed by atoms with E-state index in [0.29, 0.717) is 6.61 Å². The van der Waals surface area contributed by atoms with Gasteiger partial charge in [-0.1, -0.05) is 6.92 Å². The standard InChI is InChI=1S/C16H25O3S/c1-6-16(2,3)15(17)19-12-11-18-13-7-9-14(10-8-13)20(4)5/h7-10H,6,11-12H2,1-5H3/q+1. The van der Waals surface area contributed by atoms with E-state index in [0.717, 1.165) is 12.2 Å². The maximum absolute atomic E-state index is 11.7. The van der Waals surface area contributed by atoms with Crippen LogP contribution >= 0.6 is 0 Å². The number of esters is 1. The Morgan fingerprint density at radius 3 is 2.25 bits per heavy atom. The molecule has 0 aliphatic carbocycles. The van der Waals surface area contributed by atoms with Crippen LogP contribution in [0.1, 0.15) is 27.2 Å². The number of rotatable bonds is 7. The normalized spacial score (nSPS) is 11.5. The van der Waals surface area contributed by atoms with Gasteiger partial charge in [-0.15, -0.1) is 0 Å². The topological polar surface area (TPSA) is 35.5 Å². The number of carbonyl (C=O) groups excluding carboxylic acids is 1. The third-order valence-corrected chi connectivity index (χ3v) is 4.53. The zero-order valence-corrected chi connectivity index (χ0v) is 13.9. The second-order valence-electron chi connectivity index (χ2n) is 5.51. The van der Waals surface area contributed by atoms with Crippen molar-refractivity contribution in [2.75, 3.05) is 25.7 Å². The van der Waals surface area contributed by atoms with E-state index < -0.39 is 5.41 Å². The predicted molar refractivity (Wildman–Crippen MR) is 84.4 cm³/mol. The summed E-state index contributed by atoms with van der Waals surface area (Å²) in [5.41, 5.74) is -0.417. The molecule has 0 bridgehead atoms. The van der Waals surface area contributed by atoms with E-state index in [-0.39, 0.29) is 23.5 Å². The minimum Gasteiger partial charge on any atom is -0.490 e. The zero-order valence-electron chi connectivity index (χ0n) is 13.1. The van der Waals surface area contributed by atoms with Gasteiger partial charge >= 0.3 is 5.97 Å². The van der Waals surface area contributed by atoms with Gasteiger partial charge in [-0.05, 0) is 44.5 Å². The van der Waals surface area contributed by atoms with Crippen molar-refractivity contribution in [2.24, 2.45) is 5.41 Å². The summed E-state index contributed by atoms with van der Waals surface area (Å²) in [5, 5.41) is 0. The lowest BCUT2D eigenvalue weighted by atomic mass is 9.91. The molecule has 0 atom stereocenters. The van der Waals surface area contributed by atoms with Gasteiger partial charge in [-0.25, -0.2) is 0 Å². The molecule has 112 valence electrons. The van der Waals surface area contributed by atoms with Crippen molar-refractivity contribution in [3.05, 3.63) is 24.3 Å². The average molecular weight is 297 g/mol. The van der Waals surface area contributed by atoms with E-state index in [1.807, 2.05) is 32.9 Å². The minimum absolute atomic E-state index is 0.167. The van der Waals surface area contributed by atoms with Crippen molar-refractivity contribution < 1.29 is 14.3 Å². The van der Waals surface area contributed by atoms with E-state index in [4.69, 9.17) is 9.47 Å². The monoisotopic (exact) mass is 297 g/mol. The molecule has 0 aliphatic heterocycles. The molecule has 0 amide bonds. The predicted octanol–water partition coefficient (Wildman–Crippen LogP) is 3.28. The summed E-state index contributed by atoms with van der Waals surface area (Å²) in [6.45, 7) is 6.43. The first-order chi connectivity index (χ1) is 9.36. The highest BCUT2D eigenvalue weighted by atomic mass is 32.2. The maximum Gasteiger partial charge on any atom is 0.311 e. The Bertz CT molecular complexity index is 424. The van der Waals surface area contributed by atoms with Crippen LogP contribution < -0.4 is 4.74 Å². The molecule has 1 aromatic rings. The number of benzene rings is 1. The summed E-state index contributed by atoms with van der Waals surface area (Å²) < 4.78 is 10.8. The summed E-state index contributed by atoms with van der Waals surface area (Å²) in [6.07, 6.45) is 5.14. The molecule has 4 heteroatoms. The molecule has 0 saturated carbocycles. The molecule has 0 heterocycles. The van der Waals surface area contributed by atoms with Gasteiger partial charge < -0.3 is 9.47 Å². The Balaban J connectivity index is 2.33. The summed E-state index contributed by atoms with van der Waals surface area (Å²) in [7, 11) is 0.263. The molecule has 20 heavy (non-hydrogen) atoms. The lowest BCUT2D eigenvalue weighted by molar-refractivity contribution is -0.154. The summed E-state index contributed by atoms with van der Waals surface area (Å²) >= 11 is 0. The van der Waals surface area contributed by atoms with Gasteiger partial charge in [0.1, 0.15) is 31.5 Å². The molecular formula is C16H25O3S+. The average Bonchev–Trinajstić information content (AvgIpc) is 2.43. The number of hydrogen-bond donors (Lipinski definition) is 0. The Kier molecular flexibility index (Phi) is 6.40. The number of carbonyl (C=O) groups is 1. The molecular weight excluding hydrogens is 272 g/mol. The van der Waals surface area contributed by atoms with Gasteiger partial charge in [0.25, 0.3) is 0 Å². The quantitative estimate of drug-likeness (QED) is 0.440. The molecule has 1 rings (SSSR count). The van der Waals surface area contributed by atoms with Crippen molar-refractivity contribution >= 4 is 16.9 Å². The van der Waals surface area contributed by atoms with Gasteiger partial charge in [-0.2, -0.15) is 0 Å². The minimum atomic E-state index is -0.417. The van der Waals surface area contributed by atoms with Gasteiger partial charge in [0.05, 0.1) is 5.41 Å². The highest BCUT2D eigenvalue weighted by Gasteiger charge is 2.26. The summed E-state index contributed by atoms with van der Waals surface area (Å²) in [4.78, 5) is 13.1. The molecule has 0 radical (unpaired) electrons. The van der Waals surface area contributed by atoms with Crippen LogP contribution in [0, 0.1) is 5.41 Å². The second-order valence-corrected chi connectivity index (χ2v) is 7.61. The Morgan fingerprint density at radius 1 is 1.15 bits per heavy atom. The highest BCUT2D eigenvalue weighted by Crippen LogP contribution is 2.21. The fourth-order valence-electron chi connectivity index (χ4n) is 1.44. The van der Waals surface area contributed by atoms with Crippen molar-refractivity contribution in [3.8, 4) is 5.75 Å². The lowest BCUT2D eigenvalue weighted by Gasteiger charge is -2.20. The maximum atomic E-state index is 11.7. The third kappa shape index (κ3) is 5.08. The lowest BCUT2D eigenvalue weighted by Crippen LogP contribution is -2.27. The molecule has 0 aliphatic rings. The summed E-state index contributed by atoms with van der Waals surface area (Å²) in [6, 6.07) is 8.07. The van der Waals surface area contributed by atoms with Crippen LogP contribution in [-0.4, -0.2) is 31.7 Å². The van der Waals surface area contributed by atoms with E-state index in [2.05, 4.69) is 24.6 Å². The van der Waals surface area contributed by atoms with Crippen LogP contribution in [0.15, 0.2) is 29.2 Å². The van der Waals surface area contributed by atoms with Crippen molar-refractivity contribution in [1.29, 1.82) is 0 Å². The van der Waals surface area contributed by atoms with Crippen LogP contribution in [-0.2, 0) is 20.4 Å².